The van der Waals surface area contributed by atoms with Crippen LogP contribution < -0.4 is 20.5 Å². The van der Waals surface area contributed by atoms with E-state index in [0.29, 0.717) is 30.1 Å². The minimum atomic E-state index is -4.02. The third-order valence-corrected chi connectivity index (χ3v) is 4.68. The normalized spacial score (nSPS) is 11.0. The average molecular weight is 388 g/mol. The summed E-state index contributed by atoms with van der Waals surface area (Å²) in [6, 6.07) is 14.2. The number of nitriles is 1. The van der Waals surface area contributed by atoms with Crippen LogP contribution in [0.5, 0.6) is 11.5 Å². The van der Waals surface area contributed by atoms with Crippen LogP contribution in [0.25, 0.3) is 0 Å². The molecule has 0 fully saturated rings. The molecule has 0 saturated heterocycles. The Bertz CT molecular complexity index is 893. The molecule has 0 aliphatic carbocycles. The zero-order valence-corrected chi connectivity index (χ0v) is 16.1. The zero-order valence-electron chi connectivity index (χ0n) is 15.2. The molecule has 7 nitrogen and oxygen atoms in total. The van der Waals surface area contributed by atoms with Crippen LogP contribution in [0.1, 0.15) is 25.3 Å². The summed E-state index contributed by atoms with van der Waals surface area (Å²) in [5.41, 5.74) is 1.24. The van der Waals surface area contributed by atoms with Crippen molar-refractivity contribution in [3.63, 3.8) is 0 Å². The van der Waals surface area contributed by atoms with E-state index in [1.807, 2.05) is 18.2 Å². The number of nitrogens with zero attached hydrogens (tertiary/aromatic N) is 1. The summed E-state index contributed by atoms with van der Waals surface area (Å²) >= 11 is 0. The van der Waals surface area contributed by atoms with Gasteiger partial charge in [0, 0.05) is 13.1 Å². The van der Waals surface area contributed by atoms with Gasteiger partial charge in [0.2, 0.25) is 10.0 Å². The number of nitrogens with one attached hydrogen (secondary N) is 2. The molecule has 4 N–H and O–H groups in total. The van der Waals surface area contributed by atoms with Crippen molar-refractivity contribution < 1.29 is 13.2 Å². The Morgan fingerprint density at radius 2 is 1.96 bits per heavy atom. The predicted octanol–water partition coefficient (Wildman–Crippen LogP) is 2.95. The lowest BCUT2D eigenvalue weighted by Gasteiger charge is -2.18. The molecule has 2 aromatic carbocycles. The maximum absolute atomic E-state index is 12.2. The van der Waals surface area contributed by atoms with Gasteiger partial charge in [-0.25, -0.2) is 13.6 Å². The number of para-hydroxylation sites is 1. The van der Waals surface area contributed by atoms with E-state index >= 15 is 0 Å². The minimum Gasteiger partial charge on any atom is -0.454 e. The molecule has 0 unspecified atom stereocenters. The Morgan fingerprint density at radius 1 is 1.22 bits per heavy atom. The Balaban J connectivity index is 2.49. The summed E-state index contributed by atoms with van der Waals surface area (Å²) < 4.78 is 30.3. The van der Waals surface area contributed by atoms with Crippen LogP contribution in [0.4, 0.5) is 5.69 Å². The number of ether oxygens (including phenoxy) is 1. The molecule has 0 aliphatic rings. The number of unbranched alkanes of at least 4 members (excludes halogenated alkanes) is 1. The van der Waals surface area contributed by atoms with E-state index in [2.05, 4.69) is 17.6 Å². The number of hydrogen-bond acceptors (Lipinski definition) is 6. The monoisotopic (exact) mass is 388 g/mol. The lowest BCUT2D eigenvalue weighted by Crippen LogP contribution is -2.18. The fourth-order valence-corrected chi connectivity index (χ4v) is 3.20. The highest BCUT2D eigenvalue weighted by molar-refractivity contribution is 7.89. The van der Waals surface area contributed by atoms with E-state index in [-0.39, 0.29) is 17.2 Å². The van der Waals surface area contributed by atoms with Gasteiger partial charge in [0.15, 0.2) is 5.75 Å². The summed E-state index contributed by atoms with van der Waals surface area (Å²) in [5.74, 6) is 0.681. The lowest BCUT2D eigenvalue weighted by molar-refractivity contribution is 0.468. The molecule has 0 aromatic heterocycles. The van der Waals surface area contributed by atoms with Crippen molar-refractivity contribution in [1.82, 2.24) is 5.32 Å². The van der Waals surface area contributed by atoms with Gasteiger partial charge in [-0.1, -0.05) is 31.5 Å². The van der Waals surface area contributed by atoms with Crippen molar-refractivity contribution in [3.05, 3.63) is 48.0 Å². The predicted molar refractivity (Wildman–Crippen MR) is 105 cm³/mol. The van der Waals surface area contributed by atoms with Crippen LogP contribution in [0.15, 0.2) is 47.4 Å². The van der Waals surface area contributed by atoms with Crippen LogP contribution in [-0.2, 0) is 16.6 Å². The summed E-state index contributed by atoms with van der Waals surface area (Å²) in [7, 11) is -4.02. The quantitative estimate of drug-likeness (QED) is 0.425. The van der Waals surface area contributed by atoms with Gasteiger partial charge in [-0.15, -0.1) is 0 Å². The lowest BCUT2D eigenvalue weighted by atomic mass is 10.1. The summed E-state index contributed by atoms with van der Waals surface area (Å²) in [5, 5.41) is 20.3. The van der Waals surface area contributed by atoms with Crippen molar-refractivity contribution in [1.29, 1.82) is 5.26 Å². The Kier molecular flexibility index (Phi) is 7.61. The molecule has 0 heterocycles. The van der Waals surface area contributed by atoms with Gasteiger partial charge in [0.05, 0.1) is 18.3 Å². The standard InChI is InChI=1S/C19H24N4O3S/c1-2-3-10-23-17-12-15(14-22-11-9-20)13-18(27(21,24)25)19(17)26-16-7-5-4-6-8-16/h4-8,12-13,22-23H,2-3,10-11,14H2,1H3,(H2,21,24,25). The second-order valence-electron chi connectivity index (χ2n) is 5.97. The summed E-state index contributed by atoms with van der Waals surface area (Å²) in [6.07, 6.45) is 1.92. The molecule has 0 amide bonds. The first-order valence-electron chi connectivity index (χ1n) is 8.70. The first kappa shape index (κ1) is 20.7. The number of anilines is 1. The second-order valence-corrected chi connectivity index (χ2v) is 7.50. The van der Waals surface area contributed by atoms with Crippen LogP contribution in [0.2, 0.25) is 0 Å². The van der Waals surface area contributed by atoms with E-state index in [1.165, 1.54) is 6.07 Å². The molecule has 0 spiro atoms. The van der Waals surface area contributed by atoms with Gasteiger partial charge in [0.25, 0.3) is 0 Å². The average Bonchev–Trinajstić information content (AvgIpc) is 2.63. The van der Waals surface area contributed by atoms with Gasteiger partial charge in [-0.3, -0.25) is 0 Å². The molecule has 0 radical (unpaired) electrons. The zero-order chi connectivity index (χ0) is 19.7. The second kappa shape index (κ2) is 9.92. The maximum Gasteiger partial charge on any atom is 0.241 e. The molecule has 8 heteroatoms. The van der Waals surface area contributed by atoms with E-state index in [0.717, 1.165) is 12.8 Å². The summed E-state index contributed by atoms with van der Waals surface area (Å²) in [6.45, 7) is 3.23. The van der Waals surface area contributed by atoms with Gasteiger partial charge >= 0.3 is 0 Å². The molecular weight excluding hydrogens is 364 g/mol. The Morgan fingerprint density at radius 3 is 2.59 bits per heavy atom. The number of primary sulfonamides is 1. The first-order valence-corrected chi connectivity index (χ1v) is 10.2. The van der Waals surface area contributed by atoms with E-state index in [9.17, 15) is 8.42 Å². The van der Waals surface area contributed by atoms with Gasteiger partial charge in [-0.05, 0) is 36.2 Å². The van der Waals surface area contributed by atoms with Crippen LogP contribution >= 0.6 is 0 Å². The Hall–Kier alpha value is -2.60. The van der Waals surface area contributed by atoms with E-state index in [4.69, 9.17) is 15.1 Å². The number of nitrogens with two attached hydrogens (primary N) is 1. The molecule has 144 valence electrons. The van der Waals surface area contributed by atoms with Crippen molar-refractivity contribution in [3.8, 4) is 17.6 Å². The number of rotatable bonds is 10. The smallest absolute Gasteiger partial charge is 0.241 e. The highest BCUT2D eigenvalue weighted by atomic mass is 32.2. The highest BCUT2D eigenvalue weighted by Gasteiger charge is 2.21. The molecular formula is C19H24N4O3S. The number of sulfonamides is 1. The van der Waals surface area contributed by atoms with Crippen molar-refractivity contribution in [2.24, 2.45) is 5.14 Å². The van der Waals surface area contributed by atoms with E-state index in [1.54, 1.807) is 24.3 Å². The highest BCUT2D eigenvalue weighted by Crippen LogP contribution is 2.37. The first-order chi connectivity index (χ1) is 13.0. The molecule has 27 heavy (non-hydrogen) atoms. The van der Waals surface area contributed by atoms with Crippen LogP contribution in [0, 0.1) is 11.3 Å². The largest absolute Gasteiger partial charge is 0.454 e. The molecule has 0 saturated carbocycles. The molecule has 2 rings (SSSR count). The van der Waals surface area contributed by atoms with Gasteiger partial charge < -0.3 is 15.4 Å². The van der Waals surface area contributed by atoms with E-state index < -0.39 is 10.0 Å². The van der Waals surface area contributed by atoms with Gasteiger partial charge in [0.1, 0.15) is 10.6 Å². The van der Waals surface area contributed by atoms with Crippen molar-refractivity contribution in [2.45, 2.75) is 31.2 Å². The topological polar surface area (TPSA) is 117 Å². The summed E-state index contributed by atoms with van der Waals surface area (Å²) in [4.78, 5) is -0.0957. The fraction of sp³-hybridized carbons (Fsp3) is 0.316. The third-order valence-electron chi connectivity index (χ3n) is 3.76. The SMILES string of the molecule is CCCCNc1cc(CNCC#N)cc(S(N)(=O)=O)c1Oc1ccccc1. The van der Waals surface area contributed by atoms with Crippen LogP contribution in [-0.4, -0.2) is 21.5 Å². The van der Waals surface area contributed by atoms with Crippen molar-refractivity contribution in [2.75, 3.05) is 18.4 Å². The molecule has 0 atom stereocenters. The van der Waals surface area contributed by atoms with Crippen molar-refractivity contribution >= 4 is 15.7 Å². The number of hydrogen-bond donors (Lipinski definition) is 3. The molecule has 2 aromatic rings. The fourth-order valence-electron chi connectivity index (χ4n) is 2.48. The Labute approximate surface area is 160 Å². The minimum absolute atomic E-state index is 0.0957. The molecule has 0 aliphatic heterocycles. The third kappa shape index (κ3) is 6.25. The molecule has 0 bridgehead atoms. The van der Waals surface area contributed by atoms with Crippen LogP contribution in [0.3, 0.4) is 0 Å². The maximum atomic E-state index is 12.2. The van der Waals surface area contributed by atoms with Gasteiger partial charge in [-0.2, -0.15) is 5.26 Å². The number of benzene rings is 2.